The molecule has 0 aliphatic carbocycles. The Balaban J connectivity index is 0. The lowest BCUT2D eigenvalue weighted by Gasteiger charge is -2.31. The van der Waals surface area contributed by atoms with Gasteiger partial charge in [0, 0.05) is 0 Å². The number of aliphatic hydroxyl groups is 8. The van der Waals surface area contributed by atoms with Crippen molar-refractivity contribution < 1.29 is 79.0 Å². The van der Waals surface area contributed by atoms with Crippen LogP contribution in [0.25, 0.3) is 0 Å². The summed E-state index contributed by atoms with van der Waals surface area (Å²) in [5.41, 5.74) is -2.70. The van der Waals surface area contributed by atoms with Crippen LogP contribution >= 0.6 is 0 Å². The van der Waals surface area contributed by atoms with Gasteiger partial charge in [-0.25, -0.2) is 19.2 Å². The molecule has 0 aromatic rings. The van der Waals surface area contributed by atoms with Crippen molar-refractivity contribution >= 4 is 23.9 Å². The van der Waals surface area contributed by atoms with Crippen molar-refractivity contribution in [2.75, 3.05) is 79.3 Å². The molecule has 16 nitrogen and oxygen atoms in total. The predicted molar refractivity (Wildman–Crippen MR) is 105 cm³/mol. The molecule has 0 atom stereocenters. The first kappa shape index (κ1) is 33.7. The lowest BCUT2D eigenvalue weighted by molar-refractivity contribution is -0.174. The molecular formula is C18H32O16. The number of rotatable bonds is 16. The van der Waals surface area contributed by atoms with Gasteiger partial charge in [0.1, 0.15) is 58.3 Å². The summed E-state index contributed by atoms with van der Waals surface area (Å²) in [5.74, 6) is -4.22. The van der Waals surface area contributed by atoms with Crippen molar-refractivity contribution in [2.45, 2.75) is 0 Å². The summed E-state index contributed by atoms with van der Waals surface area (Å²) in [5, 5.41) is 68.7. The third-order valence-electron chi connectivity index (χ3n) is 4.02. The summed E-state index contributed by atoms with van der Waals surface area (Å²) < 4.78 is 18.8. The average molecular weight is 504 g/mol. The monoisotopic (exact) mass is 504 g/mol. The largest absolute Gasteiger partial charge is 0.463 e. The zero-order valence-corrected chi connectivity index (χ0v) is 18.3. The molecule has 0 saturated heterocycles. The number of ether oxygens (including phenoxy) is 4. The van der Waals surface area contributed by atoms with Gasteiger partial charge < -0.3 is 59.8 Å². The van der Waals surface area contributed by atoms with Crippen LogP contribution in [-0.4, -0.2) is 144 Å². The van der Waals surface area contributed by atoms with Gasteiger partial charge in [-0.05, 0) is 0 Å². The van der Waals surface area contributed by atoms with E-state index in [-0.39, 0.29) is 0 Å². The Labute approximate surface area is 193 Å². The fourth-order valence-electron chi connectivity index (χ4n) is 1.67. The van der Waals surface area contributed by atoms with Crippen LogP contribution in [0.3, 0.4) is 0 Å². The lowest BCUT2D eigenvalue weighted by atomic mass is 9.92. The molecule has 0 aliphatic rings. The van der Waals surface area contributed by atoms with Gasteiger partial charge in [0.05, 0.1) is 31.8 Å². The first-order chi connectivity index (χ1) is 16.1. The van der Waals surface area contributed by atoms with Crippen molar-refractivity contribution in [3.05, 3.63) is 0 Å². The second kappa shape index (κ2) is 18.9. The molecule has 0 radical (unpaired) electrons. The molecule has 0 saturated carbocycles. The molecule has 0 aliphatic heterocycles. The number of hydrogen-bond acceptors (Lipinski definition) is 16. The average Bonchev–Trinajstić information content (AvgIpc) is 2.88. The normalized spacial score (nSPS) is 11.1. The van der Waals surface area contributed by atoms with E-state index in [1.807, 2.05) is 0 Å². The van der Waals surface area contributed by atoms with E-state index in [0.29, 0.717) is 0 Å². The molecule has 8 N–H and O–H groups in total. The topological polar surface area (TPSA) is 267 Å². The number of aliphatic hydroxyl groups excluding tert-OH is 8. The number of carbonyl (C=O) groups is 4. The fraction of sp³-hybridized carbons (Fsp3) is 0.778. The Bertz CT molecular complexity index is 500. The predicted octanol–water partition coefficient (Wildman–Crippen LogP) is -5.94. The van der Waals surface area contributed by atoms with Gasteiger partial charge in [-0.2, -0.15) is 0 Å². The molecular weight excluding hydrogens is 472 g/mol. The maximum Gasteiger partial charge on any atom is 0.331 e. The van der Waals surface area contributed by atoms with E-state index in [9.17, 15) is 19.2 Å². The molecule has 0 aromatic carbocycles. The second-order valence-electron chi connectivity index (χ2n) is 6.91. The third-order valence-corrected chi connectivity index (χ3v) is 4.02. The van der Waals surface area contributed by atoms with Crippen LogP contribution in [-0.2, 0) is 38.1 Å². The van der Waals surface area contributed by atoms with Crippen LogP contribution in [0.15, 0.2) is 0 Å². The number of carbonyl (C=O) groups excluding carboxylic acids is 4. The Morgan fingerprint density at radius 1 is 0.412 bits per heavy atom. The van der Waals surface area contributed by atoms with Gasteiger partial charge in [0.2, 0.25) is 0 Å². The van der Waals surface area contributed by atoms with Gasteiger partial charge in [0.15, 0.2) is 0 Å². The molecule has 0 unspecified atom stereocenters. The molecule has 0 spiro atoms. The van der Waals surface area contributed by atoms with Gasteiger partial charge in [0.25, 0.3) is 0 Å². The zero-order chi connectivity index (χ0) is 26.6. The summed E-state index contributed by atoms with van der Waals surface area (Å²) >= 11 is 0. The van der Waals surface area contributed by atoms with E-state index in [1.165, 1.54) is 0 Å². The number of hydrogen-bond donors (Lipinski definition) is 8. The minimum atomic E-state index is -1.59. The van der Waals surface area contributed by atoms with Crippen molar-refractivity contribution in [1.82, 2.24) is 0 Å². The third kappa shape index (κ3) is 14.0. The summed E-state index contributed by atoms with van der Waals surface area (Å²) in [6.07, 6.45) is 0. The van der Waals surface area contributed by atoms with Crippen LogP contribution in [0, 0.1) is 10.8 Å². The van der Waals surface area contributed by atoms with Gasteiger partial charge in [-0.3, -0.25) is 0 Å². The maximum absolute atomic E-state index is 11.1. The summed E-state index contributed by atoms with van der Waals surface area (Å²) in [4.78, 5) is 44.5. The van der Waals surface area contributed by atoms with E-state index >= 15 is 0 Å². The molecule has 0 heterocycles. The summed E-state index contributed by atoms with van der Waals surface area (Å²) in [6, 6.07) is 0. The summed E-state index contributed by atoms with van der Waals surface area (Å²) in [7, 11) is 0. The second-order valence-corrected chi connectivity index (χ2v) is 6.91. The zero-order valence-electron chi connectivity index (χ0n) is 18.3. The molecule has 0 aromatic heterocycles. The van der Waals surface area contributed by atoms with E-state index in [4.69, 9.17) is 59.8 Å². The van der Waals surface area contributed by atoms with Crippen LogP contribution in [0.5, 0.6) is 0 Å². The van der Waals surface area contributed by atoms with Crippen molar-refractivity contribution in [3.8, 4) is 0 Å². The highest BCUT2D eigenvalue weighted by atomic mass is 16.6. The molecule has 0 fully saturated rings. The first-order valence-corrected chi connectivity index (χ1v) is 9.56. The molecule has 0 bridgehead atoms. The van der Waals surface area contributed by atoms with Crippen LogP contribution < -0.4 is 0 Å². The van der Waals surface area contributed by atoms with Gasteiger partial charge >= 0.3 is 23.9 Å². The smallest absolute Gasteiger partial charge is 0.331 e. The minimum Gasteiger partial charge on any atom is -0.463 e. The fourth-order valence-corrected chi connectivity index (χ4v) is 1.67. The molecule has 34 heavy (non-hydrogen) atoms. The Kier molecular flexibility index (Phi) is 18.8. The highest BCUT2D eigenvalue weighted by Crippen LogP contribution is 2.21. The number of esters is 4. The highest BCUT2D eigenvalue weighted by molar-refractivity contribution is 5.72. The Morgan fingerprint density at radius 2 is 0.618 bits per heavy atom. The van der Waals surface area contributed by atoms with E-state index in [2.05, 4.69) is 0 Å². The molecule has 200 valence electrons. The van der Waals surface area contributed by atoms with Crippen LogP contribution in [0.2, 0.25) is 0 Å². The van der Waals surface area contributed by atoms with Crippen molar-refractivity contribution in [2.24, 2.45) is 10.8 Å². The van der Waals surface area contributed by atoms with E-state index in [1.54, 1.807) is 0 Å². The lowest BCUT2D eigenvalue weighted by Crippen LogP contribution is -2.44. The van der Waals surface area contributed by atoms with Crippen LogP contribution in [0.1, 0.15) is 0 Å². The maximum atomic E-state index is 11.1. The standard InChI is InChI=1S/C13H20O12.C5H12O4/c14-1-9(18)22-5-13(6-23-10(19)2-15,7-24-11(20)3-16)8-25-12(21)4-17;6-1-5(2-7,3-8)4-9/h14-17H,1-8H2;6-9H,1-4H2. The van der Waals surface area contributed by atoms with Crippen molar-refractivity contribution in [1.29, 1.82) is 0 Å². The Morgan fingerprint density at radius 3 is 0.735 bits per heavy atom. The van der Waals surface area contributed by atoms with E-state index < -0.39 is 114 Å². The van der Waals surface area contributed by atoms with Gasteiger partial charge in [-0.15, -0.1) is 0 Å². The minimum absolute atomic E-state index is 0.406. The summed E-state index contributed by atoms with van der Waals surface area (Å²) in [6.45, 7) is -7.90. The van der Waals surface area contributed by atoms with Gasteiger partial charge in [-0.1, -0.05) is 0 Å². The molecule has 16 heteroatoms. The van der Waals surface area contributed by atoms with E-state index in [0.717, 1.165) is 0 Å². The quantitative estimate of drug-likeness (QED) is 0.0718. The molecule has 0 amide bonds. The molecule has 0 rings (SSSR count). The SMILES string of the molecule is O=C(CO)OCC(COC(=O)CO)(COC(=O)CO)COC(=O)CO.OCC(CO)(CO)CO. The van der Waals surface area contributed by atoms with Crippen molar-refractivity contribution in [3.63, 3.8) is 0 Å². The first-order valence-electron chi connectivity index (χ1n) is 9.56. The highest BCUT2D eigenvalue weighted by Gasteiger charge is 2.37. The Hall–Kier alpha value is -2.44. The van der Waals surface area contributed by atoms with Crippen LogP contribution in [0.4, 0.5) is 0 Å².